The van der Waals surface area contributed by atoms with Gasteiger partial charge < -0.3 is 10.1 Å². The molecule has 1 fully saturated rings. The van der Waals surface area contributed by atoms with Gasteiger partial charge in [-0.25, -0.2) is 0 Å². The summed E-state index contributed by atoms with van der Waals surface area (Å²) >= 11 is 1.64. The molecule has 0 bridgehead atoms. The number of thioether (sulfide) groups is 1. The number of amides is 1. The van der Waals surface area contributed by atoms with Crippen molar-refractivity contribution in [2.24, 2.45) is 0 Å². The highest BCUT2D eigenvalue weighted by atomic mass is 32.2. The Bertz CT molecular complexity index is 666. The molecule has 0 aliphatic carbocycles. The maximum Gasteiger partial charge on any atom is 0.230 e. The summed E-state index contributed by atoms with van der Waals surface area (Å²) in [5.41, 5.74) is 2.56. The molecule has 1 N–H and O–H groups in total. The lowest BCUT2D eigenvalue weighted by molar-refractivity contribution is -0.119. The Morgan fingerprint density at radius 3 is 2.50 bits per heavy atom. The van der Waals surface area contributed by atoms with Crippen molar-refractivity contribution in [2.75, 3.05) is 32.0 Å². The van der Waals surface area contributed by atoms with E-state index in [9.17, 15) is 4.79 Å². The zero-order valence-electron chi connectivity index (χ0n) is 15.0. The number of hydrogen-bond donors (Lipinski definition) is 1. The first-order chi connectivity index (χ1) is 12.8. The van der Waals surface area contributed by atoms with E-state index >= 15 is 0 Å². The Morgan fingerprint density at radius 1 is 1.08 bits per heavy atom. The Kier molecular flexibility index (Phi) is 7.55. The number of hydrogen-bond acceptors (Lipinski definition) is 4. The van der Waals surface area contributed by atoms with Gasteiger partial charge in [0.05, 0.1) is 18.5 Å². The van der Waals surface area contributed by atoms with Gasteiger partial charge in [0.15, 0.2) is 0 Å². The third kappa shape index (κ3) is 6.48. The monoisotopic (exact) mass is 370 g/mol. The van der Waals surface area contributed by atoms with E-state index in [1.165, 1.54) is 11.1 Å². The molecule has 1 aliphatic rings. The van der Waals surface area contributed by atoms with Crippen LogP contribution in [0.5, 0.6) is 0 Å². The van der Waals surface area contributed by atoms with Crippen molar-refractivity contribution < 1.29 is 9.53 Å². The topological polar surface area (TPSA) is 41.6 Å². The normalized spacial score (nSPS) is 17.8. The van der Waals surface area contributed by atoms with Gasteiger partial charge in [0.1, 0.15) is 0 Å². The number of nitrogens with zero attached hydrogens (tertiary/aromatic N) is 1. The highest BCUT2D eigenvalue weighted by Crippen LogP contribution is 2.12. The number of carbonyl (C=O) groups is 1. The van der Waals surface area contributed by atoms with E-state index in [1.807, 2.05) is 24.3 Å². The maximum atomic E-state index is 12.0. The lowest BCUT2D eigenvalue weighted by atomic mass is 10.2. The van der Waals surface area contributed by atoms with Crippen LogP contribution in [0, 0.1) is 0 Å². The highest BCUT2D eigenvalue weighted by molar-refractivity contribution is 7.99. The molecular formula is C21H26N2O2S. The molecule has 0 saturated carbocycles. The minimum absolute atomic E-state index is 0.0653. The van der Waals surface area contributed by atoms with Crippen LogP contribution < -0.4 is 5.32 Å². The van der Waals surface area contributed by atoms with Crippen molar-refractivity contribution in [3.8, 4) is 0 Å². The fraction of sp³-hybridized carbons (Fsp3) is 0.381. The minimum Gasteiger partial charge on any atom is -0.374 e. The van der Waals surface area contributed by atoms with Crippen molar-refractivity contribution >= 4 is 17.7 Å². The standard InChI is InChI=1S/C21H26N2O2S/c24-21(17-26-16-19-9-5-2-6-10-19)22-13-20-15-23(11-12-25-20)14-18-7-3-1-4-8-18/h1-10,20H,11-17H2,(H,22,24)/t20-/m0/s1. The smallest absolute Gasteiger partial charge is 0.230 e. The van der Waals surface area contributed by atoms with Crippen molar-refractivity contribution in [3.63, 3.8) is 0 Å². The van der Waals surface area contributed by atoms with Gasteiger partial charge in [-0.3, -0.25) is 9.69 Å². The largest absolute Gasteiger partial charge is 0.374 e. The zero-order valence-corrected chi connectivity index (χ0v) is 15.8. The molecule has 1 aliphatic heterocycles. The number of morpholine rings is 1. The van der Waals surface area contributed by atoms with E-state index in [4.69, 9.17) is 4.74 Å². The molecule has 1 atom stereocenters. The second kappa shape index (κ2) is 10.4. The molecule has 0 spiro atoms. The van der Waals surface area contributed by atoms with Crippen LogP contribution in [-0.2, 0) is 21.8 Å². The van der Waals surface area contributed by atoms with Crippen molar-refractivity contribution in [3.05, 3.63) is 71.8 Å². The Hall–Kier alpha value is -1.82. The first kappa shape index (κ1) is 19.0. The molecule has 0 radical (unpaired) electrons. The summed E-state index contributed by atoms with van der Waals surface area (Å²) < 4.78 is 5.81. The van der Waals surface area contributed by atoms with E-state index in [2.05, 4.69) is 46.6 Å². The van der Waals surface area contributed by atoms with Crippen molar-refractivity contribution in [2.45, 2.75) is 18.4 Å². The summed E-state index contributed by atoms with van der Waals surface area (Å²) in [6, 6.07) is 20.7. The van der Waals surface area contributed by atoms with Crippen LogP contribution in [0.4, 0.5) is 0 Å². The van der Waals surface area contributed by atoms with Gasteiger partial charge in [0, 0.05) is 31.9 Å². The molecule has 2 aromatic carbocycles. The predicted molar refractivity (Wildman–Crippen MR) is 107 cm³/mol. The van der Waals surface area contributed by atoms with Crippen LogP contribution >= 0.6 is 11.8 Å². The summed E-state index contributed by atoms with van der Waals surface area (Å²) in [5.74, 6) is 1.42. The SMILES string of the molecule is O=C(CSCc1ccccc1)NC[C@H]1CN(Cc2ccccc2)CCO1. The highest BCUT2D eigenvalue weighted by Gasteiger charge is 2.20. The lowest BCUT2D eigenvalue weighted by Gasteiger charge is -2.33. The molecule has 0 unspecified atom stereocenters. The molecule has 4 nitrogen and oxygen atoms in total. The second-order valence-corrected chi connectivity index (χ2v) is 7.48. The molecule has 1 amide bonds. The van der Waals surface area contributed by atoms with Gasteiger partial charge in [-0.2, -0.15) is 0 Å². The first-order valence-electron chi connectivity index (χ1n) is 9.06. The van der Waals surface area contributed by atoms with Crippen LogP contribution in [0.15, 0.2) is 60.7 Å². The predicted octanol–water partition coefficient (Wildman–Crippen LogP) is 2.94. The Morgan fingerprint density at radius 2 is 1.77 bits per heavy atom. The van der Waals surface area contributed by atoms with Gasteiger partial charge in [0.25, 0.3) is 0 Å². The van der Waals surface area contributed by atoms with Gasteiger partial charge >= 0.3 is 0 Å². The van der Waals surface area contributed by atoms with Crippen LogP contribution in [0.2, 0.25) is 0 Å². The molecule has 5 heteroatoms. The lowest BCUT2D eigenvalue weighted by Crippen LogP contribution is -2.47. The fourth-order valence-corrected chi connectivity index (χ4v) is 3.82. The number of carbonyl (C=O) groups excluding carboxylic acids is 1. The van der Waals surface area contributed by atoms with Gasteiger partial charge in [0.2, 0.25) is 5.91 Å². The summed E-state index contributed by atoms with van der Waals surface area (Å²) in [4.78, 5) is 14.4. The molecule has 3 rings (SSSR count). The quantitative estimate of drug-likeness (QED) is 0.776. The fourth-order valence-electron chi connectivity index (χ4n) is 3.00. The molecule has 26 heavy (non-hydrogen) atoms. The second-order valence-electron chi connectivity index (χ2n) is 6.50. The average molecular weight is 371 g/mol. The van der Waals surface area contributed by atoms with Crippen LogP contribution in [0.25, 0.3) is 0 Å². The van der Waals surface area contributed by atoms with Gasteiger partial charge in [-0.05, 0) is 11.1 Å². The molecular weight excluding hydrogens is 344 g/mol. The first-order valence-corrected chi connectivity index (χ1v) is 10.2. The van der Waals surface area contributed by atoms with Crippen molar-refractivity contribution in [1.29, 1.82) is 0 Å². The molecule has 0 aromatic heterocycles. The average Bonchev–Trinajstić information content (AvgIpc) is 2.68. The zero-order chi connectivity index (χ0) is 18.0. The van der Waals surface area contributed by atoms with E-state index in [0.717, 1.165) is 32.0 Å². The molecule has 1 saturated heterocycles. The van der Waals surface area contributed by atoms with E-state index in [0.29, 0.717) is 12.3 Å². The summed E-state index contributed by atoms with van der Waals surface area (Å²) in [5, 5.41) is 3.01. The number of ether oxygens (including phenoxy) is 1. The summed E-state index contributed by atoms with van der Waals surface area (Å²) in [7, 11) is 0. The maximum absolute atomic E-state index is 12.0. The minimum atomic E-state index is 0.0653. The Balaban J connectivity index is 1.34. The third-order valence-electron chi connectivity index (χ3n) is 4.34. The number of benzene rings is 2. The van der Waals surface area contributed by atoms with Crippen LogP contribution in [0.3, 0.4) is 0 Å². The molecule has 138 valence electrons. The number of rotatable bonds is 8. The third-order valence-corrected chi connectivity index (χ3v) is 5.35. The molecule has 2 aromatic rings. The van der Waals surface area contributed by atoms with Crippen molar-refractivity contribution in [1.82, 2.24) is 10.2 Å². The summed E-state index contributed by atoms with van der Waals surface area (Å²) in [6.07, 6.45) is 0.0653. The van der Waals surface area contributed by atoms with Crippen LogP contribution in [-0.4, -0.2) is 48.9 Å². The van der Waals surface area contributed by atoms with E-state index in [1.54, 1.807) is 11.8 Å². The van der Waals surface area contributed by atoms with Gasteiger partial charge in [-0.15, -0.1) is 11.8 Å². The van der Waals surface area contributed by atoms with E-state index in [-0.39, 0.29) is 12.0 Å². The van der Waals surface area contributed by atoms with E-state index < -0.39 is 0 Å². The van der Waals surface area contributed by atoms with Crippen LogP contribution in [0.1, 0.15) is 11.1 Å². The number of nitrogens with one attached hydrogen (secondary N) is 1. The molecule has 1 heterocycles. The van der Waals surface area contributed by atoms with Gasteiger partial charge in [-0.1, -0.05) is 60.7 Å². The Labute approximate surface area is 159 Å². The summed E-state index contributed by atoms with van der Waals surface area (Å²) in [6.45, 7) is 4.02.